The minimum absolute atomic E-state index is 0.0975. The predicted octanol–water partition coefficient (Wildman–Crippen LogP) is 2.20. The third-order valence-electron chi connectivity index (χ3n) is 4.50. The number of nitrogens with zero attached hydrogens (tertiary/aromatic N) is 3. The summed E-state index contributed by atoms with van der Waals surface area (Å²) in [5.74, 6) is -0.248. The van der Waals surface area contributed by atoms with Gasteiger partial charge in [-0.15, -0.1) is 0 Å². The van der Waals surface area contributed by atoms with Gasteiger partial charge < -0.3 is 15.1 Å². The van der Waals surface area contributed by atoms with Crippen molar-refractivity contribution in [1.29, 1.82) is 0 Å². The summed E-state index contributed by atoms with van der Waals surface area (Å²) < 4.78 is 38.7. The molecule has 0 bridgehead atoms. The van der Waals surface area contributed by atoms with Crippen LogP contribution < -0.4 is 10.2 Å². The van der Waals surface area contributed by atoms with Crippen molar-refractivity contribution in [3.63, 3.8) is 0 Å². The van der Waals surface area contributed by atoms with Crippen LogP contribution in [0.4, 0.5) is 18.9 Å². The lowest BCUT2D eigenvalue weighted by molar-refractivity contribution is -0.137. The molecule has 1 heterocycles. The number of rotatable bonds is 5. The molecule has 0 aliphatic carbocycles. The molecule has 0 saturated carbocycles. The maximum atomic E-state index is 12.9. The van der Waals surface area contributed by atoms with Gasteiger partial charge >= 0.3 is 6.18 Å². The van der Waals surface area contributed by atoms with Crippen LogP contribution in [0.25, 0.3) is 0 Å². The maximum absolute atomic E-state index is 12.9. The molecule has 0 aromatic heterocycles. The van der Waals surface area contributed by atoms with Crippen molar-refractivity contribution in [1.82, 2.24) is 15.1 Å². The number of likely N-dealkylation sites (N-methyl/N-ethyl adjacent to an activating group) is 1. The molecule has 0 radical (unpaired) electrons. The number of anilines is 1. The topological polar surface area (TPSA) is 55.9 Å². The Hall–Kier alpha value is -2.29. The van der Waals surface area contributed by atoms with Gasteiger partial charge in [-0.2, -0.15) is 13.2 Å². The molecule has 0 unspecified atom stereocenters. The zero-order valence-electron chi connectivity index (χ0n) is 17.3. The van der Waals surface area contributed by atoms with Crippen LogP contribution in [0.2, 0.25) is 0 Å². The van der Waals surface area contributed by atoms with Crippen LogP contribution in [0.5, 0.6) is 0 Å². The fourth-order valence-corrected chi connectivity index (χ4v) is 3.18. The molecule has 6 nitrogen and oxygen atoms in total. The third kappa shape index (κ3) is 7.23. The van der Waals surface area contributed by atoms with Gasteiger partial charge in [0, 0.05) is 37.4 Å². The minimum atomic E-state index is -4.38. The Labute approximate surface area is 169 Å². The Balaban J connectivity index is 1.84. The Morgan fingerprint density at radius 1 is 1.07 bits per heavy atom. The molecule has 9 heteroatoms. The second kappa shape index (κ2) is 9.02. The standard InChI is InChI=1S/C20H29F3N4O2/c1-19(2,3)24-17(28)13-25(4)14-18(29)27-10-8-26(9-11-27)16-7-5-6-15(12-16)20(21,22)23/h5-7,12H,8-11,13-14H2,1-4H3,(H,24,28). The molecule has 162 valence electrons. The molecular weight excluding hydrogens is 385 g/mol. The van der Waals surface area contributed by atoms with E-state index in [-0.39, 0.29) is 30.4 Å². The van der Waals surface area contributed by atoms with Crippen molar-refractivity contribution in [2.75, 3.05) is 51.2 Å². The van der Waals surface area contributed by atoms with Gasteiger partial charge in [-0.05, 0) is 46.0 Å². The molecule has 1 aliphatic heterocycles. The predicted molar refractivity (Wildman–Crippen MR) is 106 cm³/mol. The van der Waals surface area contributed by atoms with Crippen molar-refractivity contribution < 1.29 is 22.8 Å². The Morgan fingerprint density at radius 2 is 1.69 bits per heavy atom. The normalized spacial score (nSPS) is 15.6. The summed E-state index contributed by atoms with van der Waals surface area (Å²) >= 11 is 0. The molecule has 1 aliphatic rings. The van der Waals surface area contributed by atoms with Crippen LogP contribution in [-0.4, -0.2) is 73.5 Å². The van der Waals surface area contributed by atoms with E-state index in [1.54, 1.807) is 22.9 Å². The molecule has 2 rings (SSSR count). The summed E-state index contributed by atoms with van der Waals surface area (Å²) in [4.78, 5) is 29.6. The highest BCUT2D eigenvalue weighted by atomic mass is 19.4. The highest BCUT2D eigenvalue weighted by Crippen LogP contribution is 2.31. The molecule has 1 aromatic carbocycles. The van der Waals surface area contributed by atoms with Crippen molar-refractivity contribution in [2.45, 2.75) is 32.5 Å². The van der Waals surface area contributed by atoms with Crippen molar-refractivity contribution in [3.8, 4) is 0 Å². The molecule has 1 saturated heterocycles. The summed E-state index contributed by atoms with van der Waals surface area (Å²) in [7, 11) is 1.71. The van der Waals surface area contributed by atoms with Gasteiger partial charge in [0.15, 0.2) is 0 Å². The van der Waals surface area contributed by atoms with E-state index in [2.05, 4.69) is 5.32 Å². The van der Waals surface area contributed by atoms with Crippen molar-refractivity contribution >= 4 is 17.5 Å². The van der Waals surface area contributed by atoms with Crippen LogP contribution in [0.15, 0.2) is 24.3 Å². The lowest BCUT2D eigenvalue weighted by Gasteiger charge is -2.37. The molecule has 1 fully saturated rings. The first-order valence-corrected chi connectivity index (χ1v) is 9.55. The molecule has 1 aromatic rings. The highest BCUT2D eigenvalue weighted by molar-refractivity contribution is 5.81. The highest BCUT2D eigenvalue weighted by Gasteiger charge is 2.31. The zero-order valence-corrected chi connectivity index (χ0v) is 17.3. The van der Waals surface area contributed by atoms with Gasteiger partial charge in [0.25, 0.3) is 0 Å². The maximum Gasteiger partial charge on any atom is 0.416 e. The van der Waals surface area contributed by atoms with Gasteiger partial charge in [0.1, 0.15) is 0 Å². The van der Waals surface area contributed by atoms with Crippen molar-refractivity contribution in [3.05, 3.63) is 29.8 Å². The number of alkyl halides is 3. The van der Waals surface area contributed by atoms with Gasteiger partial charge in [-0.25, -0.2) is 0 Å². The monoisotopic (exact) mass is 414 g/mol. The number of amides is 2. The number of piperazine rings is 1. The first-order chi connectivity index (χ1) is 13.3. The lowest BCUT2D eigenvalue weighted by Crippen LogP contribution is -2.52. The second-order valence-electron chi connectivity index (χ2n) is 8.39. The van der Waals surface area contributed by atoms with Crippen LogP contribution in [0.3, 0.4) is 0 Å². The van der Waals surface area contributed by atoms with Gasteiger partial charge in [-0.1, -0.05) is 6.07 Å². The van der Waals surface area contributed by atoms with Gasteiger partial charge in [-0.3, -0.25) is 14.5 Å². The van der Waals surface area contributed by atoms with Crippen LogP contribution >= 0.6 is 0 Å². The van der Waals surface area contributed by atoms with E-state index in [4.69, 9.17) is 0 Å². The largest absolute Gasteiger partial charge is 0.416 e. The zero-order chi connectivity index (χ0) is 21.8. The van der Waals surface area contributed by atoms with E-state index in [1.165, 1.54) is 6.07 Å². The quantitative estimate of drug-likeness (QED) is 0.803. The molecule has 1 N–H and O–H groups in total. The number of benzene rings is 1. The molecule has 0 spiro atoms. The van der Waals surface area contributed by atoms with Gasteiger partial charge in [0.05, 0.1) is 18.7 Å². The Bertz CT molecular complexity index is 723. The van der Waals surface area contributed by atoms with Crippen LogP contribution in [-0.2, 0) is 15.8 Å². The SMILES string of the molecule is CN(CC(=O)NC(C)(C)C)CC(=O)N1CCN(c2cccc(C(F)(F)F)c2)CC1. The first kappa shape index (κ1) is 23.0. The smallest absolute Gasteiger partial charge is 0.368 e. The average Bonchev–Trinajstić information content (AvgIpc) is 2.59. The summed E-state index contributed by atoms with van der Waals surface area (Å²) in [5.41, 5.74) is -0.506. The number of hydrogen-bond acceptors (Lipinski definition) is 4. The van der Waals surface area contributed by atoms with Crippen molar-refractivity contribution in [2.24, 2.45) is 0 Å². The Morgan fingerprint density at radius 3 is 2.24 bits per heavy atom. The van der Waals surface area contributed by atoms with E-state index in [0.717, 1.165) is 12.1 Å². The van der Waals surface area contributed by atoms with E-state index in [0.29, 0.717) is 31.9 Å². The van der Waals surface area contributed by atoms with Crippen LogP contribution in [0, 0.1) is 0 Å². The molecule has 2 amide bonds. The number of hydrogen-bond donors (Lipinski definition) is 1. The number of carbonyl (C=O) groups is 2. The fraction of sp³-hybridized carbons (Fsp3) is 0.600. The lowest BCUT2D eigenvalue weighted by atomic mass is 10.1. The number of nitrogens with one attached hydrogen (secondary N) is 1. The number of halogens is 3. The average molecular weight is 414 g/mol. The minimum Gasteiger partial charge on any atom is -0.368 e. The summed E-state index contributed by atoms with van der Waals surface area (Å²) in [6.45, 7) is 7.67. The van der Waals surface area contributed by atoms with Crippen LogP contribution in [0.1, 0.15) is 26.3 Å². The molecular formula is C20H29F3N4O2. The molecule has 29 heavy (non-hydrogen) atoms. The molecule has 0 atom stereocenters. The Kier molecular flexibility index (Phi) is 7.15. The number of carbonyl (C=O) groups excluding carboxylic acids is 2. The van der Waals surface area contributed by atoms with E-state index >= 15 is 0 Å². The van der Waals surface area contributed by atoms with Gasteiger partial charge in [0.2, 0.25) is 11.8 Å². The van der Waals surface area contributed by atoms with E-state index in [9.17, 15) is 22.8 Å². The fourth-order valence-electron chi connectivity index (χ4n) is 3.18. The van der Waals surface area contributed by atoms with E-state index in [1.807, 2.05) is 25.7 Å². The summed E-state index contributed by atoms with van der Waals surface area (Å²) in [5, 5.41) is 2.85. The third-order valence-corrected chi connectivity index (χ3v) is 4.50. The first-order valence-electron chi connectivity index (χ1n) is 9.55. The van der Waals surface area contributed by atoms with E-state index < -0.39 is 11.7 Å². The second-order valence-corrected chi connectivity index (χ2v) is 8.39. The summed E-state index contributed by atoms with van der Waals surface area (Å²) in [6.07, 6.45) is -4.38. The summed E-state index contributed by atoms with van der Waals surface area (Å²) in [6, 6.07) is 5.23.